The number of nitrogens with one attached hydrogen (secondary N) is 5. The number of methoxy groups -OCH3 is 1. The Bertz CT molecular complexity index is 2670. The number of anilines is 5. The minimum Gasteiger partial charge on any atom is -0.733 e. The minimum atomic E-state index is -1.88. The van der Waals surface area contributed by atoms with Crippen LogP contribution in [-0.2, 0) is 14.3 Å². The normalized spacial score (nSPS) is 12.1. The Hall–Kier alpha value is -8.53. The lowest BCUT2D eigenvalue weighted by atomic mass is 10.1. The summed E-state index contributed by atoms with van der Waals surface area (Å²) >= 11 is 0. The number of carbonyl (C=O) groups excluding carboxylic acids is 5. The summed E-state index contributed by atoms with van der Waals surface area (Å²) in [5, 5.41) is 63.0. The maximum atomic E-state index is 13.5. The second-order valence-electron chi connectivity index (χ2n) is 15.1. The number of carboxylic acids is 2. The molecular formula is C47H47N6O15-. The van der Waals surface area contributed by atoms with Crippen molar-refractivity contribution in [3.63, 3.8) is 0 Å². The van der Waals surface area contributed by atoms with Crippen molar-refractivity contribution in [2.45, 2.75) is 58.5 Å². The lowest BCUT2D eigenvalue weighted by molar-refractivity contribution is -0.147. The number of hydrogen-bond donors (Lipinski definition) is 9. The van der Waals surface area contributed by atoms with Gasteiger partial charge in [0.2, 0.25) is 0 Å². The summed E-state index contributed by atoms with van der Waals surface area (Å²) in [6.45, 7) is 6.96. The van der Waals surface area contributed by atoms with Crippen molar-refractivity contribution in [3.05, 3.63) is 136 Å². The number of amides is 5. The fourth-order valence-electron chi connectivity index (χ4n) is 6.20. The topological polar surface area (TPSA) is 315 Å². The van der Waals surface area contributed by atoms with E-state index in [1.54, 1.807) is 20.8 Å². The monoisotopic (exact) mass is 935 g/mol. The molecule has 5 amide bonds. The Morgan fingerprint density at radius 1 is 0.647 bits per heavy atom. The number of aromatic carboxylic acids is 1. The van der Waals surface area contributed by atoms with Crippen molar-refractivity contribution >= 4 is 69.9 Å². The molecule has 21 nitrogen and oxygen atoms in total. The van der Waals surface area contributed by atoms with Gasteiger partial charge in [0.25, 0.3) is 29.5 Å². The first-order chi connectivity index (χ1) is 32.3. The average Bonchev–Trinajstić information content (AvgIpc) is 3.30. The molecule has 5 aromatic rings. The SMILES string of the molecule is CCC(C)Oc1cc(C(=O)O)ccc1NC(=O)c1ccc(NC(=O)c2ccc(NC(=O)C(OC)C(NC(=O)c3ccc(NC(=O)c4ccc(N([O-])O)cc4)cc3)C(=O)O)cc2)c(OC(C)C)c1O. The van der Waals surface area contributed by atoms with E-state index in [1.165, 1.54) is 103 Å². The molecule has 5 rings (SSSR count). The predicted molar refractivity (Wildman–Crippen MR) is 247 cm³/mol. The highest BCUT2D eigenvalue weighted by molar-refractivity contribution is 6.10. The molecular weight excluding hydrogens is 889 g/mol. The van der Waals surface area contributed by atoms with Gasteiger partial charge in [-0.05, 0) is 130 Å². The number of aromatic hydroxyl groups is 1. The molecule has 5 aromatic carbocycles. The summed E-state index contributed by atoms with van der Waals surface area (Å²) in [4.78, 5) is 89.9. The molecule has 0 aliphatic heterocycles. The lowest BCUT2D eigenvalue weighted by Crippen LogP contribution is -2.54. The Morgan fingerprint density at radius 2 is 1.16 bits per heavy atom. The van der Waals surface area contributed by atoms with Crippen molar-refractivity contribution in [2.75, 3.05) is 33.6 Å². The number of hydrogen-bond acceptors (Lipinski definition) is 14. The maximum absolute atomic E-state index is 13.5. The number of phenols is 1. The van der Waals surface area contributed by atoms with Gasteiger partial charge in [0.05, 0.1) is 40.4 Å². The summed E-state index contributed by atoms with van der Waals surface area (Å²) in [7, 11) is 1.07. The number of phenolic OH excluding ortho intramolecular Hbond substituents is 1. The number of rotatable bonds is 20. The molecule has 21 heteroatoms. The van der Waals surface area contributed by atoms with Gasteiger partial charge in [-0.3, -0.25) is 29.2 Å². The van der Waals surface area contributed by atoms with Crippen LogP contribution in [0.3, 0.4) is 0 Å². The van der Waals surface area contributed by atoms with E-state index in [9.17, 15) is 54.1 Å². The smallest absolute Gasteiger partial charge is 0.335 e. The number of aliphatic carboxylic acids is 1. The van der Waals surface area contributed by atoms with Gasteiger partial charge in [-0.2, -0.15) is 0 Å². The van der Waals surface area contributed by atoms with E-state index in [2.05, 4.69) is 26.6 Å². The molecule has 0 saturated heterocycles. The molecule has 0 spiro atoms. The molecule has 68 heavy (non-hydrogen) atoms. The Morgan fingerprint density at radius 3 is 1.69 bits per heavy atom. The molecule has 9 N–H and O–H groups in total. The molecule has 0 fully saturated rings. The Balaban J connectivity index is 1.23. The number of benzene rings is 5. The molecule has 0 heterocycles. The summed E-state index contributed by atoms with van der Waals surface area (Å²) < 4.78 is 16.9. The number of nitrogens with zero attached hydrogens (tertiary/aromatic N) is 1. The molecule has 0 aliphatic rings. The second-order valence-corrected chi connectivity index (χ2v) is 15.1. The van der Waals surface area contributed by atoms with Crippen molar-refractivity contribution < 1.29 is 68.3 Å². The van der Waals surface area contributed by atoms with E-state index in [4.69, 9.17) is 19.4 Å². The van der Waals surface area contributed by atoms with Gasteiger partial charge in [-0.15, -0.1) is 0 Å². The van der Waals surface area contributed by atoms with Crippen LogP contribution in [-0.4, -0.2) is 93.5 Å². The largest absolute Gasteiger partial charge is 0.733 e. The first kappa shape index (κ1) is 50.5. The van der Waals surface area contributed by atoms with Crippen molar-refractivity contribution in [3.8, 4) is 17.2 Å². The van der Waals surface area contributed by atoms with Gasteiger partial charge in [-0.25, -0.2) is 9.59 Å². The standard InChI is InChI=1S/C47H47N6O15/c1-6-25(4)68-36-23-29(46(60)61)13-21-34(36)50-44(58)33-20-22-35(39(38(33)54)67-24(2)3)51-42(56)26-7-16-31(17-8-26)49-45(59)40(66-5)37(47(62)63)52-43(57)27-9-14-30(15-10-27)48-41(55)28-11-18-32(19-12-28)53(64)65/h7-25,37,40,54,64H,6H2,1-5H3,(H,48,55)(H,49,59)(H,50,58)(H,51,56)(H,52,57)(H,60,61)(H,62,63)/q-1. The first-order valence-electron chi connectivity index (χ1n) is 20.6. The number of carbonyl (C=O) groups is 7. The van der Waals surface area contributed by atoms with Gasteiger partial charge >= 0.3 is 11.9 Å². The number of ether oxygens (including phenoxy) is 3. The summed E-state index contributed by atoms with van der Waals surface area (Å²) in [6.07, 6.45) is -2.01. The van der Waals surface area contributed by atoms with E-state index in [-0.39, 0.29) is 79.1 Å². The van der Waals surface area contributed by atoms with Crippen LogP contribution in [0.1, 0.15) is 85.9 Å². The highest BCUT2D eigenvalue weighted by Gasteiger charge is 2.36. The summed E-state index contributed by atoms with van der Waals surface area (Å²) in [5.41, 5.74) is 0.340. The van der Waals surface area contributed by atoms with Crippen LogP contribution in [0.15, 0.2) is 103 Å². The van der Waals surface area contributed by atoms with E-state index in [0.717, 1.165) is 7.11 Å². The fourth-order valence-corrected chi connectivity index (χ4v) is 6.20. The molecule has 0 aliphatic carbocycles. The Kier molecular flexibility index (Phi) is 16.8. The molecule has 356 valence electrons. The average molecular weight is 936 g/mol. The Labute approximate surface area is 388 Å². The van der Waals surface area contributed by atoms with Crippen LogP contribution >= 0.6 is 0 Å². The van der Waals surface area contributed by atoms with Crippen LogP contribution in [0, 0.1) is 5.21 Å². The van der Waals surface area contributed by atoms with Gasteiger partial charge in [-0.1, -0.05) is 6.92 Å². The third-order valence-electron chi connectivity index (χ3n) is 9.90. The zero-order chi connectivity index (χ0) is 49.8. The highest BCUT2D eigenvalue weighted by atomic mass is 16.8. The molecule has 0 radical (unpaired) electrons. The summed E-state index contributed by atoms with van der Waals surface area (Å²) in [5.74, 6) is -7.42. The van der Waals surface area contributed by atoms with Crippen LogP contribution in [0.2, 0.25) is 0 Å². The van der Waals surface area contributed by atoms with E-state index in [0.29, 0.717) is 6.42 Å². The van der Waals surface area contributed by atoms with Crippen LogP contribution in [0.25, 0.3) is 0 Å². The predicted octanol–water partition coefficient (Wildman–Crippen LogP) is 6.34. The minimum absolute atomic E-state index is 0.00412. The van der Waals surface area contributed by atoms with Crippen LogP contribution in [0.5, 0.6) is 17.2 Å². The fraction of sp³-hybridized carbons (Fsp3) is 0.213. The quantitative estimate of drug-likeness (QED) is 0.0384. The molecule has 0 aromatic heterocycles. The first-order valence-corrected chi connectivity index (χ1v) is 20.6. The van der Waals surface area contributed by atoms with Crippen LogP contribution in [0.4, 0.5) is 28.4 Å². The molecule has 0 bridgehead atoms. The third kappa shape index (κ3) is 12.8. The molecule has 0 saturated carbocycles. The molecule has 3 atom stereocenters. The van der Waals surface area contributed by atoms with E-state index < -0.39 is 65.5 Å². The highest BCUT2D eigenvalue weighted by Crippen LogP contribution is 2.40. The van der Waals surface area contributed by atoms with Gasteiger partial charge in [0.15, 0.2) is 23.6 Å². The third-order valence-corrected chi connectivity index (χ3v) is 9.90. The van der Waals surface area contributed by atoms with Gasteiger partial charge in [0, 0.05) is 35.2 Å². The maximum Gasteiger partial charge on any atom is 0.335 e. The van der Waals surface area contributed by atoms with E-state index >= 15 is 0 Å². The number of carboxylic acid groups (broad SMARTS) is 2. The van der Waals surface area contributed by atoms with Gasteiger partial charge in [0.1, 0.15) is 5.75 Å². The zero-order valence-electron chi connectivity index (χ0n) is 37.1. The second kappa shape index (κ2) is 22.6. The van der Waals surface area contributed by atoms with Crippen LogP contribution < -0.4 is 41.3 Å². The molecule has 3 unspecified atom stereocenters. The van der Waals surface area contributed by atoms with Crippen molar-refractivity contribution in [1.29, 1.82) is 0 Å². The zero-order valence-corrected chi connectivity index (χ0v) is 37.1. The van der Waals surface area contributed by atoms with Gasteiger partial charge < -0.3 is 66.5 Å². The van der Waals surface area contributed by atoms with E-state index in [1.807, 2.05) is 6.92 Å². The van der Waals surface area contributed by atoms with Crippen molar-refractivity contribution in [2.24, 2.45) is 0 Å². The van der Waals surface area contributed by atoms with Crippen molar-refractivity contribution in [1.82, 2.24) is 5.32 Å². The lowest BCUT2D eigenvalue weighted by Gasteiger charge is -2.23. The summed E-state index contributed by atoms with van der Waals surface area (Å²) in [6, 6.07) is 20.4.